The van der Waals surface area contributed by atoms with Crippen LogP contribution >= 0.6 is 0 Å². The van der Waals surface area contributed by atoms with Crippen molar-refractivity contribution in [3.05, 3.63) is 24.2 Å². The molecule has 2 N–H and O–H groups in total. The Labute approximate surface area is 107 Å². The van der Waals surface area contributed by atoms with E-state index in [1.807, 2.05) is 25.1 Å². The van der Waals surface area contributed by atoms with Gasteiger partial charge < -0.3 is 15.1 Å². The van der Waals surface area contributed by atoms with Crippen LogP contribution in [0.2, 0.25) is 0 Å². The van der Waals surface area contributed by atoms with E-state index in [9.17, 15) is 4.79 Å². The van der Waals surface area contributed by atoms with E-state index < -0.39 is 0 Å². The molecule has 1 aromatic rings. The third-order valence-electron chi connectivity index (χ3n) is 2.57. The third-order valence-corrected chi connectivity index (χ3v) is 2.57. The van der Waals surface area contributed by atoms with Gasteiger partial charge in [-0.2, -0.15) is 5.26 Å². The van der Waals surface area contributed by atoms with Gasteiger partial charge in [-0.15, -0.1) is 0 Å². The SMILES string of the molecule is CC(CCc1ccco1)NCC(=O)NCCC#N. The number of rotatable bonds is 8. The largest absolute Gasteiger partial charge is 0.469 e. The normalized spacial score (nSPS) is 11.8. The molecule has 0 aliphatic heterocycles. The molecule has 0 saturated heterocycles. The summed E-state index contributed by atoms with van der Waals surface area (Å²) in [7, 11) is 0. The molecular formula is C13H19N3O2. The summed E-state index contributed by atoms with van der Waals surface area (Å²) in [6, 6.07) is 6.04. The average molecular weight is 249 g/mol. The predicted octanol–water partition coefficient (Wildman–Crippen LogP) is 1.22. The number of hydrogen-bond acceptors (Lipinski definition) is 4. The second-order valence-corrected chi connectivity index (χ2v) is 4.16. The molecule has 0 aliphatic carbocycles. The second-order valence-electron chi connectivity index (χ2n) is 4.16. The van der Waals surface area contributed by atoms with E-state index in [0.717, 1.165) is 18.6 Å². The van der Waals surface area contributed by atoms with E-state index in [1.54, 1.807) is 6.26 Å². The van der Waals surface area contributed by atoms with Crippen molar-refractivity contribution in [3.8, 4) is 6.07 Å². The van der Waals surface area contributed by atoms with Crippen LogP contribution in [0.15, 0.2) is 22.8 Å². The summed E-state index contributed by atoms with van der Waals surface area (Å²) < 4.78 is 5.24. The van der Waals surface area contributed by atoms with Gasteiger partial charge in [-0.05, 0) is 25.5 Å². The Bertz CT molecular complexity index is 381. The summed E-state index contributed by atoms with van der Waals surface area (Å²) in [6.07, 6.45) is 3.78. The lowest BCUT2D eigenvalue weighted by Crippen LogP contribution is -2.38. The molecule has 5 heteroatoms. The maximum atomic E-state index is 11.4. The number of nitriles is 1. The minimum atomic E-state index is -0.0740. The fraction of sp³-hybridized carbons (Fsp3) is 0.538. The minimum Gasteiger partial charge on any atom is -0.469 e. The number of carbonyl (C=O) groups is 1. The fourth-order valence-corrected chi connectivity index (χ4v) is 1.50. The number of nitrogens with one attached hydrogen (secondary N) is 2. The molecule has 0 aliphatic rings. The number of amides is 1. The quantitative estimate of drug-likeness (QED) is 0.679. The van der Waals surface area contributed by atoms with Crippen LogP contribution in [-0.4, -0.2) is 25.0 Å². The molecule has 0 radical (unpaired) electrons. The van der Waals surface area contributed by atoms with E-state index in [4.69, 9.17) is 9.68 Å². The van der Waals surface area contributed by atoms with Gasteiger partial charge in [-0.3, -0.25) is 4.79 Å². The third kappa shape index (κ3) is 6.06. The topological polar surface area (TPSA) is 78.1 Å². The molecule has 0 bridgehead atoms. The van der Waals surface area contributed by atoms with Crippen molar-refractivity contribution in [2.75, 3.05) is 13.1 Å². The molecule has 0 spiro atoms. The molecule has 98 valence electrons. The van der Waals surface area contributed by atoms with Gasteiger partial charge in [0.05, 0.1) is 25.3 Å². The predicted molar refractivity (Wildman–Crippen MR) is 67.7 cm³/mol. The van der Waals surface area contributed by atoms with Crippen molar-refractivity contribution in [2.45, 2.75) is 32.2 Å². The second kappa shape index (κ2) is 8.31. The molecule has 1 rings (SSSR count). The van der Waals surface area contributed by atoms with Crippen LogP contribution in [0, 0.1) is 11.3 Å². The summed E-state index contributed by atoms with van der Waals surface area (Å²) in [4.78, 5) is 11.4. The molecule has 1 aromatic heterocycles. The maximum Gasteiger partial charge on any atom is 0.233 e. The Morgan fingerprint density at radius 1 is 1.61 bits per heavy atom. The van der Waals surface area contributed by atoms with Gasteiger partial charge >= 0.3 is 0 Å². The van der Waals surface area contributed by atoms with Gasteiger partial charge in [0, 0.05) is 19.0 Å². The van der Waals surface area contributed by atoms with Crippen molar-refractivity contribution in [1.29, 1.82) is 5.26 Å². The number of furan rings is 1. The first kappa shape index (κ1) is 14.3. The lowest BCUT2D eigenvalue weighted by molar-refractivity contribution is -0.120. The highest BCUT2D eigenvalue weighted by Gasteiger charge is 2.06. The summed E-state index contributed by atoms with van der Waals surface area (Å²) in [6.45, 7) is 2.73. The number of aryl methyl sites for hydroxylation is 1. The van der Waals surface area contributed by atoms with Gasteiger partial charge in [0.2, 0.25) is 5.91 Å². The summed E-state index contributed by atoms with van der Waals surface area (Å²) in [5.41, 5.74) is 0. The van der Waals surface area contributed by atoms with Crippen LogP contribution in [-0.2, 0) is 11.2 Å². The van der Waals surface area contributed by atoms with Crippen molar-refractivity contribution in [1.82, 2.24) is 10.6 Å². The smallest absolute Gasteiger partial charge is 0.233 e. The van der Waals surface area contributed by atoms with Crippen LogP contribution in [0.5, 0.6) is 0 Å². The van der Waals surface area contributed by atoms with Crippen molar-refractivity contribution >= 4 is 5.91 Å². The lowest BCUT2D eigenvalue weighted by Gasteiger charge is -2.12. The lowest BCUT2D eigenvalue weighted by atomic mass is 10.1. The number of hydrogen-bond donors (Lipinski definition) is 2. The molecule has 0 aromatic carbocycles. The molecule has 1 atom stereocenters. The van der Waals surface area contributed by atoms with Crippen LogP contribution in [0.4, 0.5) is 0 Å². The Kier molecular flexibility index (Phi) is 6.59. The summed E-state index contributed by atoms with van der Waals surface area (Å²) in [5.74, 6) is 0.886. The molecule has 1 unspecified atom stereocenters. The van der Waals surface area contributed by atoms with E-state index in [0.29, 0.717) is 13.0 Å². The van der Waals surface area contributed by atoms with Gasteiger partial charge in [0.15, 0.2) is 0 Å². The Balaban J connectivity index is 2.07. The first-order valence-corrected chi connectivity index (χ1v) is 6.11. The molecule has 0 fully saturated rings. The zero-order valence-corrected chi connectivity index (χ0v) is 10.6. The Morgan fingerprint density at radius 2 is 2.44 bits per heavy atom. The highest BCUT2D eigenvalue weighted by molar-refractivity contribution is 5.77. The van der Waals surface area contributed by atoms with Crippen LogP contribution < -0.4 is 10.6 Å². The molecule has 1 heterocycles. The van der Waals surface area contributed by atoms with E-state index >= 15 is 0 Å². The Hall–Kier alpha value is -1.80. The zero-order valence-electron chi connectivity index (χ0n) is 10.6. The van der Waals surface area contributed by atoms with Crippen molar-refractivity contribution in [3.63, 3.8) is 0 Å². The molecule has 0 saturated carbocycles. The van der Waals surface area contributed by atoms with E-state index in [-0.39, 0.29) is 18.5 Å². The molecule has 1 amide bonds. The van der Waals surface area contributed by atoms with Gasteiger partial charge in [-0.1, -0.05) is 0 Å². The summed E-state index contributed by atoms with van der Waals surface area (Å²) >= 11 is 0. The van der Waals surface area contributed by atoms with Gasteiger partial charge in [0.25, 0.3) is 0 Å². The molecular weight excluding hydrogens is 230 g/mol. The highest BCUT2D eigenvalue weighted by Crippen LogP contribution is 2.05. The van der Waals surface area contributed by atoms with Crippen LogP contribution in [0.25, 0.3) is 0 Å². The van der Waals surface area contributed by atoms with E-state index in [1.165, 1.54) is 0 Å². The zero-order chi connectivity index (χ0) is 13.2. The Morgan fingerprint density at radius 3 is 3.11 bits per heavy atom. The first-order valence-electron chi connectivity index (χ1n) is 6.11. The first-order chi connectivity index (χ1) is 8.72. The number of nitrogens with zero attached hydrogens (tertiary/aromatic N) is 1. The number of carbonyl (C=O) groups excluding carboxylic acids is 1. The monoisotopic (exact) mass is 249 g/mol. The average Bonchev–Trinajstić information content (AvgIpc) is 2.87. The highest BCUT2D eigenvalue weighted by atomic mass is 16.3. The van der Waals surface area contributed by atoms with Crippen molar-refractivity contribution < 1.29 is 9.21 Å². The van der Waals surface area contributed by atoms with Crippen LogP contribution in [0.1, 0.15) is 25.5 Å². The molecule has 5 nitrogen and oxygen atoms in total. The standard InChI is InChI=1S/C13H19N3O2/c1-11(5-6-12-4-2-9-18-12)16-10-13(17)15-8-3-7-14/h2,4,9,11,16H,3,5-6,8,10H2,1H3,(H,15,17). The van der Waals surface area contributed by atoms with Gasteiger partial charge in [0.1, 0.15) is 5.76 Å². The molecule has 18 heavy (non-hydrogen) atoms. The maximum absolute atomic E-state index is 11.4. The van der Waals surface area contributed by atoms with E-state index in [2.05, 4.69) is 10.6 Å². The fourth-order valence-electron chi connectivity index (χ4n) is 1.50. The van der Waals surface area contributed by atoms with Gasteiger partial charge in [-0.25, -0.2) is 0 Å². The minimum absolute atomic E-state index is 0.0740. The van der Waals surface area contributed by atoms with Crippen LogP contribution in [0.3, 0.4) is 0 Å². The van der Waals surface area contributed by atoms with Crippen molar-refractivity contribution in [2.24, 2.45) is 0 Å². The summed E-state index contributed by atoms with van der Waals surface area (Å²) in [5, 5.41) is 14.1.